The van der Waals surface area contributed by atoms with E-state index >= 15 is 0 Å². The number of carboxylic acids is 1. The van der Waals surface area contributed by atoms with Gasteiger partial charge in [0.15, 0.2) is 0 Å². The van der Waals surface area contributed by atoms with Crippen molar-refractivity contribution in [3.05, 3.63) is 23.8 Å². The number of nitrogens with one attached hydrogen (secondary N) is 2. The van der Waals surface area contributed by atoms with Gasteiger partial charge in [-0.1, -0.05) is 19.9 Å². The van der Waals surface area contributed by atoms with Crippen molar-refractivity contribution >= 4 is 29.3 Å². The number of aryl methyl sites for hydroxylation is 1. The van der Waals surface area contributed by atoms with E-state index in [2.05, 4.69) is 10.6 Å². The second-order valence-corrected chi connectivity index (χ2v) is 7.14. The number of carbonyl (C=O) groups is 3. The zero-order valence-electron chi connectivity index (χ0n) is 15.0. The third-order valence-electron chi connectivity index (χ3n) is 4.55. The third kappa shape index (κ3) is 4.29. The van der Waals surface area contributed by atoms with Gasteiger partial charge in [0.1, 0.15) is 0 Å². The Morgan fingerprint density at radius 2 is 1.92 bits per heavy atom. The summed E-state index contributed by atoms with van der Waals surface area (Å²) in [4.78, 5) is 37.1. The largest absolute Gasteiger partial charge is 0.481 e. The van der Waals surface area contributed by atoms with Gasteiger partial charge < -0.3 is 20.6 Å². The lowest BCUT2D eigenvalue weighted by Gasteiger charge is -2.21. The second kappa shape index (κ2) is 7.13. The number of hydrogen-bond donors (Lipinski definition) is 3. The van der Waals surface area contributed by atoms with Crippen molar-refractivity contribution in [2.75, 3.05) is 23.7 Å². The molecule has 0 bridgehead atoms. The van der Waals surface area contributed by atoms with E-state index in [4.69, 9.17) is 0 Å². The van der Waals surface area contributed by atoms with Crippen LogP contribution in [0.15, 0.2) is 18.2 Å². The maximum absolute atomic E-state index is 12.5. The van der Waals surface area contributed by atoms with Crippen molar-refractivity contribution in [1.29, 1.82) is 0 Å². The summed E-state index contributed by atoms with van der Waals surface area (Å²) in [6.45, 7) is 7.69. The monoisotopic (exact) mass is 347 g/mol. The van der Waals surface area contributed by atoms with Gasteiger partial charge in [-0.15, -0.1) is 0 Å². The van der Waals surface area contributed by atoms with Crippen LogP contribution >= 0.6 is 0 Å². The van der Waals surface area contributed by atoms with E-state index in [1.807, 2.05) is 13.0 Å². The molecule has 7 nitrogen and oxygen atoms in total. The summed E-state index contributed by atoms with van der Waals surface area (Å²) in [6.07, 6.45) is 0.430. The van der Waals surface area contributed by atoms with Crippen molar-refractivity contribution in [2.24, 2.45) is 11.3 Å². The number of nitrogens with zero attached hydrogens (tertiary/aromatic N) is 1. The lowest BCUT2D eigenvalue weighted by molar-refractivity contribution is -0.147. The lowest BCUT2D eigenvalue weighted by Crippen LogP contribution is -2.37. The number of aliphatic carboxylic acids is 1. The van der Waals surface area contributed by atoms with Crippen LogP contribution < -0.4 is 10.6 Å². The minimum absolute atomic E-state index is 0.0992. The SMILES string of the molecule is Cc1ccc(NC(=O)C(C)C)cc1NC(=O)N1CCC(C)(C(=O)O)C1. The maximum Gasteiger partial charge on any atom is 0.321 e. The highest BCUT2D eigenvalue weighted by Crippen LogP contribution is 2.31. The molecule has 0 spiro atoms. The molecule has 1 aromatic carbocycles. The Balaban J connectivity index is 2.08. The van der Waals surface area contributed by atoms with Crippen molar-refractivity contribution in [2.45, 2.75) is 34.1 Å². The number of carboxylic acid groups (broad SMARTS) is 1. The van der Waals surface area contributed by atoms with Gasteiger partial charge in [0.2, 0.25) is 5.91 Å². The molecule has 136 valence electrons. The molecule has 2 rings (SSSR count). The van der Waals surface area contributed by atoms with Crippen LogP contribution in [0.1, 0.15) is 32.8 Å². The quantitative estimate of drug-likeness (QED) is 0.780. The smallest absolute Gasteiger partial charge is 0.321 e. The van der Waals surface area contributed by atoms with Crippen LogP contribution in [0.2, 0.25) is 0 Å². The Morgan fingerprint density at radius 3 is 2.48 bits per heavy atom. The minimum atomic E-state index is -0.903. The fourth-order valence-electron chi connectivity index (χ4n) is 2.62. The van der Waals surface area contributed by atoms with Crippen molar-refractivity contribution < 1.29 is 19.5 Å². The Bertz CT molecular complexity index is 702. The fourth-order valence-corrected chi connectivity index (χ4v) is 2.62. The van der Waals surface area contributed by atoms with E-state index in [-0.39, 0.29) is 24.4 Å². The molecule has 25 heavy (non-hydrogen) atoms. The molecule has 0 aliphatic carbocycles. The van der Waals surface area contributed by atoms with E-state index in [1.165, 1.54) is 4.90 Å². The highest BCUT2D eigenvalue weighted by atomic mass is 16.4. The molecule has 0 aromatic heterocycles. The highest BCUT2D eigenvalue weighted by Gasteiger charge is 2.42. The topological polar surface area (TPSA) is 98.7 Å². The molecule has 1 aromatic rings. The Morgan fingerprint density at radius 1 is 1.24 bits per heavy atom. The van der Waals surface area contributed by atoms with Gasteiger partial charge in [-0.05, 0) is 38.0 Å². The number of anilines is 2. The Hall–Kier alpha value is -2.57. The Labute approximate surface area is 147 Å². The lowest BCUT2D eigenvalue weighted by atomic mass is 9.90. The second-order valence-electron chi connectivity index (χ2n) is 7.14. The number of amides is 3. The van der Waals surface area contributed by atoms with E-state index < -0.39 is 11.4 Å². The van der Waals surface area contributed by atoms with E-state index in [9.17, 15) is 19.5 Å². The normalized spacial score (nSPS) is 19.8. The molecule has 7 heteroatoms. The summed E-state index contributed by atoms with van der Waals surface area (Å²) >= 11 is 0. The number of rotatable bonds is 4. The van der Waals surface area contributed by atoms with Crippen LogP contribution in [0, 0.1) is 18.3 Å². The standard InChI is InChI=1S/C18H25N3O4/c1-11(2)15(22)19-13-6-5-12(3)14(9-13)20-17(25)21-8-7-18(4,10-21)16(23)24/h5-6,9,11H,7-8,10H2,1-4H3,(H,19,22)(H,20,25)(H,23,24). The maximum atomic E-state index is 12.5. The molecule has 1 saturated heterocycles. The van der Waals surface area contributed by atoms with Crippen molar-refractivity contribution in [3.63, 3.8) is 0 Å². The fraction of sp³-hybridized carbons (Fsp3) is 0.500. The van der Waals surface area contributed by atoms with Gasteiger partial charge >= 0.3 is 12.0 Å². The van der Waals surface area contributed by atoms with Gasteiger partial charge in [0.25, 0.3) is 0 Å². The zero-order chi connectivity index (χ0) is 18.8. The molecule has 1 fully saturated rings. The molecule has 0 radical (unpaired) electrons. The predicted molar refractivity (Wildman–Crippen MR) is 95.6 cm³/mol. The molecular formula is C18H25N3O4. The first-order valence-corrected chi connectivity index (χ1v) is 8.33. The van der Waals surface area contributed by atoms with Crippen LogP contribution in [0.4, 0.5) is 16.2 Å². The van der Waals surface area contributed by atoms with E-state index in [1.54, 1.807) is 32.9 Å². The first kappa shape index (κ1) is 18.8. The molecule has 1 atom stereocenters. The molecular weight excluding hydrogens is 322 g/mol. The molecule has 3 amide bonds. The first-order valence-electron chi connectivity index (χ1n) is 8.33. The Kier molecular flexibility index (Phi) is 5.35. The molecule has 1 unspecified atom stereocenters. The van der Waals surface area contributed by atoms with Crippen LogP contribution in [0.25, 0.3) is 0 Å². The number of benzene rings is 1. The van der Waals surface area contributed by atoms with Gasteiger partial charge in [0.05, 0.1) is 5.41 Å². The first-order chi connectivity index (χ1) is 11.6. The van der Waals surface area contributed by atoms with Crippen LogP contribution in [0.3, 0.4) is 0 Å². The van der Waals surface area contributed by atoms with Crippen LogP contribution in [0.5, 0.6) is 0 Å². The molecule has 0 saturated carbocycles. The highest BCUT2D eigenvalue weighted by molar-refractivity contribution is 5.95. The summed E-state index contributed by atoms with van der Waals surface area (Å²) in [5.74, 6) is -1.13. The molecule has 3 N–H and O–H groups in total. The van der Waals surface area contributed by atoms with E-state index in [0.717, 1.165) is 5.56 Å². The number of likely N-dealkylation sites (tertiary alicyclic amines) is 1. The molecule has 1 aliphatic heterocycles. The third-order valence-corrected chi connectivity index (χ3v) is 4.55. The average Bonchev–Trinajstić information content (AvgIpc) is 2.94. The summed E-state index contributed by atoms with van der Waals surface area (Å²) in [5, 5.41) is 14.9. The zero-order valence-corrected chi connectivity index (χ0v) is 15.0. The van der Waals surface area contributed by atoms with E-state index in [0.29, 0.717) is 24.3 Å². The van der Waals surface area contributed by atoms with Crippen molar-refractivity contribution in [1.82, 2.24) is 4.90 Å². The summed E-state index contributed by atoms with van der Waals surface area (Å²) < 4.78 is 0. The van der Waals surface area contributed by atoms with Crippen molar-refractivity contribution in [3.8, 4) is 0 Å². The number of urea groups is 1. The molecule has 1 aliphatic rings. The number of carbonyl (C=O) groups excluding carboxylic acids is 2. The van der Waals surface area contributed by atoms with Gasteiger partial charge in [-0.25, -0.2) is 4.79 Å². The van der Waals surface area contributed by atoms with Gasteiger partial charge in [0, 0.05) is 30.4 Å². The predicted octanol–water partition coefficient (Wildman–Crippen LogP) is 2.92. The van der Waals surface area contributed by atoms with Gasteiger partial charge in [-0.3, -0.25) is 9.59 Å². The summed E-state index contributed by atoms with van der Waals surface area (Å²) in [6, 6.07) is 4.97. The minimum Gasteiger partial charge on any atom is -0.481 e. The van der Waals surface area contributed by atoms with Crippen LogP contribution in [-0.2, 0) is 9.59 Å². The van der Waals surface area contributed by atoms with Crippen LogP contribution in [-0.4, -0.2) is 41.0 Å². The summed E-state index contributed by atoms with van der Waals surface area (Å²) in [5.41, 5.74) is 1.16. The molecule has 1 heterocycles. The number of hydrogen-bond acceptors (Lipinski definition) is 3. The van der Waals surface area contributed by atoms with Gasteiger partial charge in [-0.2, -0.15) is 0 Å². The summed E-state index contributed by atoms with van der Waals surface area (Å²) in [7, 11) is 0. The average molecular weight is 347 g/mol.